The molecule has 1 amide bonds. The fourth-order valence-corrected chi connectivity index (χ4v) is 2.92. The first kappa shape index (κ1) is 19.4. The van der Waals surface area contributed by atoms with Crippen LogP contribution in [0.4, 0.5) is 0 Å². The second-order valence-corrected chi connectivity index (χ2v) is 5.58. The van der Waals surface area contributed by atoms with Crippen molar-refractivity contribution in [2.24, 2.45) is 0 Å². The number of allylic oxidation sites excluding steroid dienone is 1. The Kier molecular flexibility index (Phi) is 6.69. The highest BCUT2D eigenvalue weighted by atomic mass is 16.5. The molecule has 0 aliphatic rings. The largest absolute Gasteiger partial charge is 0.338 e. The van der Waals surface area contributed by atoms with Gasteiger partial charge < -0.3 is 4.57 Å². The number of nitrogens with one attached hydrogen (secondary N) is 1. The Labute approximate surface area is 154 Å². The van der Waals surface area contributed by atoms with Crippen LogP contribution in [0.25, 0.3) is 17.0 Å². The van der Waals surface area contributed by atoms with Crippen molar-refractivity contribution in [3.8, 4) is 0 Å². The summed E-state index contributed by atoms with van der Waals surface area (Å²) in [5, 5.41) is 9.88. The number of carbonyl (C=O) groups is 1. The van der Waals surface area contributed by atoms with Crippen LogP contribution in [0.1, 0.15) is 48.1 Å². The van der Waals surface area contributed by atoms with Crippen LogP contribution in [0.3, 0.4) is 0 Å². The van der Waals surface area contributed by atoms with Crippen LogP contribution in [-0.4, -0.2) is 20.7 Å². The van der Waals surface area contributed by atoms with E-state index < -0.39 is 5.91 Å². The van der Waals surface area contributed by atoms with Crippen LogP contribution in [0, 0.1) is 6.92 Å². The zero-order valence-electron chi connectivity index (χ0n) is 15.7. The number of benzene rings is 1. The summed E-state index contributed by atoms with van der Waals surface area (Å²) in [4.78, 5) is 15.7. The SMILES string of the molecule is C/C=C\c1c(C)n(Cc2ccc(C(=O)NO)cn2)c2ccccc12.CC. The number of rotatable bonds is 4. The lowest BCUT2D eigenvalue weighted by Crippen LogP contribution is -2.18. The highest BCUT2D eigenvalue weighted by molar-refractivity contribution is 5.93. The van der Waals surface area contributed by atoms with E-state index in [1.807, 2.05) is 39.0 Å². The van der Waals surface area contributed by atoms with Crippen LogP contribution in [-0.2, 0) is 6.54 Å². The van der Waals surface area contributed by atoms with Gasteiger partial charge in [-0.15, -0.1) is 0 Å². The number of hydroxylamine groups is 1. The van der Waals surface area contributed by atoms with Crippen molar-refractivity contribution in [2.75, 3.05) is 0 Å². The predicted molar refractivity (Wildman–Crippen MR) is 105 cm³/mol. The van der Waals surface area contributed by atoms with Crippen molar-refractivity contribution in [3.63, 3.8) is 0 Å². The third-order valence-electron chi connectivity index (χ3n) is 4.12. The van der Waals surface area contributed by atoms with Gasteiger partial charge in [0, 0.05) is 28.4 Å². The number of carbonyl (C=O) groups excluding carboxylic acids is 1. The molecule has 3 aromatic rings. The molecule has 0 radical (unpaired) electrons. The van der Waals surface area contributed by atoms with Crippen LogP contribution in [0.2, 0.25) is 0 Å². The van der Waals surface area contributed by atoms with Gasteiger partial charge in [0.2, 0.25) is 0 Å². The third kappa shape index (κ3) is 3.83. The molecule has 0 saturated heterocycles. The molecule has 2 heterocycles. The molecule has 0 bridgehead atoms. The smallest absolute Gasteiger partial charge is 0.276 e. The fourth-order valence-electron chi connectivity index (χ4n) is 2.92. The minimum atomic E-state index is -0.563. The zero-order valence-corrected chi connectivity index (χ0v) is 15.7. The summed E-state index contributed by atoms with van der Waals surface area (Å²) in [6, 6.07) is 11.7. The van der Waals surface area contributed by atoms with Gasteiger partial charge in [-0.1, -0.05) is 44.2 Å². The van der Waals surface area contributed by atoms with E-state index in [0.29, 0.717) is 12.1 Å². The van der Waals surface area contributed by atoms with Crippen molar-refractivity contribution in [1.29, 1.82) is 0 Å². The maximum absolute atomic E-state index is 11.4. The van der Waals surface area contributed by atoms with Gasteiger partial charge in [0.1, 0.15) is 0 Å². The summed E-state index contributed by atoms with van der Waals surface area (Å²) in [5.41, 5.74) is 6.32. The number of nitrogens with zero attached hydrogens (tertiary/aromatic N) is 2. The molecule has 136 valence electrons. The van der Waals surface area contributed by atoms with E-state index in [2.05, 4.69) is 34.7 Å². The number of aromatic nitrogens is 2. The molecule has 5 nitrogen and oxygen atoms in total. The molecular weight excluding hydrogens is 326 g/mol. The average Bonchev–Trinajstić information content (AvgIpc) is 2.96. The van der Waals surface area contributed by atoms with E-state index in [-0.39, 0.29) is 0 Å². The van der Waals surface area contributed by atoms with Gasteiger partial charge in [0.25, 0.3) is 5.91 Å². The zero-order chi connectivity index (χ0) is 19.1. The predicted octanol–water partition coefficient (Wildman–Crippen LogP) is 4.57. The minimum Gasteiger partial charge on any atom is -0.338 e. The highest BCUT2D eigenvalue weighted by Crippen LogP contribution is 2.27. The molecule has 3 rings (SSSR count). The molecule has 0 aliphatic carbocycles. The Morgan fingerprint density at radius 1 is 1.23 bits per heavy atom. The standard InChI is InChI=1S/C19H19N3O2.C2H6/c1-3-6-16-13(2)22(18-8-5-4-7-17(16)18)12-15-10-9-14(11-20-15)19(23)21-24;1-2/h3-11,24H,12H2,1-2H3,(H,21,23);1-2H3/b6-3-;. The van der Waals surface area contributed by atoms with Gasteiger partial charge in [-0.3, -0.25) is 15.0 Å². The normalized spacial score (nSPS) is 10.7. The molecule has 0 spiro atoms. The van der Waals surface area contributed by atoms with Crippen molar-refractivity contribution >= 4 is 22.9 Å². The first-order valence-electron chi connectivity index (χ1n) is 8.75. The third-order valence-corrected chi connectivity index (χ3v) is 4.12. The topological polar surface area (TPSA) is 67.2 Å². The summed E-state index contributed by atoms with van der Waals surface area (Å²) in [7, 11) is 0. The van der Waals surface area contributed by atoms with Gasteiger partial charge in [0.15, 0.2) is 0 Å². The van der Waals surface area contributed by atoms with Crippen molar-refractivity contribution in [2.45, 2.75) is 34.2 Å². The Morgan fingerprint density at radius 2 is 1.96 bits per heavy atom. The lowest BCUT2D eigenvalue weighted by atomic mass is 10.1. The van der Waals surface area contributed by atoms with E-state index in [1.54, 1.807) is 17.6 Å². The van der Waals surface area contributed by atoms with Crippen molar-refractivity contribution < 1.29 is 10.0 Å². The van der Waals surface area contributed by atoms with E-state index in [1.165, 1.54) is 22.8 Å². The number of fused-ring (bicyclic) bond motifs is 1. The van der Waals surface area contributed by atoms with E-state index in [0.717, 1.165) is 11.2 Å². The second kappa shape index (κ2) is 8.97. The maximum Gasteiger partial charge on any atom is 0.276 e. The molecule has 0 saturated carbocycles. The lowest BCUT2D eigenvalue weighted by Gasteiger charge is -2.08. The van der Waals surface area contributed by atoms with E-state index >= 15 is 0 Å². The molecular formula is C21H25N3O2. The van der Waals surface area contributed by atoms with Crippen molar-refractivity contribution in [3.05, 3.63) is 71.2 Å². The molecule has 0 atom stereocenters. The first-order valence-corrected chi connectivity index (χ1v) is 8.75. The molecule has 0 aliphatic heterocycles. The molecule has 0 unspecified atom stereocenters. The Hall–Kier alpha value is -2.92. The highest BCUT2D eigenvalue weighted by Gasteiger charge is 2.12. The second-order valence-electron chi connectivity index (χ2n) is 5.58. The Balaban J connectivity index is 0.00000117. The van der Waals surface area contributed by atoms with Crippen LogP contribution >= 0.6 is 0 Å². The monoisotopic (exact) mass is 351 g/mol. The van der Waals surface area contributed by atoms with Crippen LogP contribution in [0.15, 0.2) is 48.7 Å². The average molecular weight is 351 g/mol. The Bertz CT molecular complexity index is 909. The van der Waals surface area contributed by atoms with Crippen LogP contribution in [0.5, 0.6) is 0 Å². The van der Waals surface area contributed by atoms with Gasteiger partial charge in [-0.25, -0.2) is 5.48 Å². The van der Waals surface area contributed by atoms with Gasteiger partial charge in [-0.2, -0.15) is 0 Å². The van der Waals surface area contributed by atoms with Gasteiger partial charge >= 0.3 is 0 Å². The molecule has 2 N–H and O–H groups in total. The quantitative estimate of drug-likeness (QED) is 0.534. The Morgan fingerprint density at radius 3 is 2.58 bits per heavy atom. The summed E-state index contributed by atoms with van der Waals surface area (Å²) >= 11 is 0. The number of amides is 1. The van der Waals surface area contributed by atoms with E-state index in [4.69, 9.17) is 5.21 Å². The first-order chi connectivity index (χ1) is 12.7. The van der Waals surface area contributed by atoms with E-state index in [9.17, 15) is 4.79 Å². The van der Waals surface area contributed by atoms with Crippen molar-refractivity contribution in [1.82, 2.24) is 15.0 Å². The molecule has 5 heteroatoms. The minimum absolute atomic E-state index is 0.324. The van der Waals surface area contributed by atoms with Crippen LogP contribution < -0.4 is 5.48 Å². The molecule has 0 fully saturated rings. The van der Waals surface area contributed by atoms with Gasteiger partial charge in [-0.05, 0) is 32.0 Å². The summed E-state index contributed by atoms with van der Waals surface area (Å²) in [6.07, 6.45) is 5.63. The number of hydrogen-bond acceptors (Lipinski definition) is 3. The molecule has 26 heavy (non-hydrogen) atoms. The lowest BCUT2D eigenvalue weighted by molar-refractivity contribution is 0.0706. The van der Waals surface area contributed by atoms with Gasteiger partial charge in [0.05, 0.1) is 17.8 Å². The molecule has 1 aromatic carbocycles. The molecule has 2 aromatic heterocycles. The number of para-hydroxylation sites is 1. The number of pyridine rings is 1. The summed E-state index contributed by atoms with van der Waals surface area (Å²) in [5.74, 6) is -0.563. The maximum atomic E-state index is 11.4. The number of hydrogen-bond donors (Lipinski definition) is 2. The summed E-state index contributed by atoms with van der Waals surface area (Å²) < 4.78 is 2.22. The fraction of sp³-hybridized carbons (Fsp3) is 0.238. The summed E-state index contributed by atoms with van der Waals surface area (Å²) in [6.45, 7) is 8.73.